The number of likely N-dealkylation sites (tertiary alicyclic amines) is 1. The van der Waals surface area contributed by atoms with Gasteiger partial charge in [0.15, 0.2) is 0 Å². The lowest BCUT2D eigenvalue weighted by atomic mass is 9.82. The van der Waals surface area contributed by atoms with Crippen LogP contribution in [0.2, 0.25) is 0 Å². The molecule has 1 saturated heterocycles. The van der Waals surface area contributed by atoms with E-state index in [1.54, 1.807) is 0 Å². The van der Waals surface area contributed by atoms with Gasteiger partial charge in [-0.25, -0.2) is 0 Å². The summed E-state index contributed by atoms with van der Waals surface area (Å²) >= 11 is 0. The summed E-state index contributed by atoms with van der Waals surface area (Å²) in [6.07, 6.45) is 4.79. The molecule has 0 amide bonds. The molecule has 1 heteroatoms. The van der Waals surface area contributed by atoms with Crippen LogP contribution in [0.5, 0.6) is 0 Å². The highest BCUT2D eigenvalue weighted by molar-refractivity contribution is 5.25. The molecule has 1 heterocycles. The van der Waals surface area contributed by atoms with Crippen molar-refractivity contribution in [3.05, 3.63) is 108 Å². The lowest BCUT2D eigenvalue weighted by Gasteiger charge is -2.39. The fraction of sp³-hybridized carbons (Fsp3) is 0.280. The Kier molecular flexibility index (Phi) is 5.17. The first-order chi connectivity index (χ1) is 12.8. The van der Waals surface area contributed by atoms with Gasteiger partial charge in [0.1, 0.15) is 0 Å². The lowest BCUT2D eigenvalue weighted by molar-refractivity contribution is 0.127. The molecule has 1 nitrogen and oxygen atoms in total. The van der Waals surface area contributed by atoms with Gasteiger partial charge >= 0.3 is 0 Å². The summed E-state index contributed by atoms with van der Waals surface area (Å²) in [4.78, 5) is 2.74. The van der Waals surface area contributed by atoms with E-state index in [1.807, 2.05) is 0 Å². The van der Waals surface area contributed by atoms with Crippen LogP contribution >= 0.6 is 0 Å². The number of rotatable bonds is 6. The summed E-state index contributed by atoms with van der Waals surface area (Å²) in [5.74, 6) is 0. The van der Waals surface area contributed by atoms with Crippen LogP contribution in [0.3, 0.4) is 0 Å². The van der Waals surface area contributed by atoms with Crippen LogP contribution in [0.15, 0.2) is 91.0 Å². The van der Waals surface area contributed by atoms with Crippen molar-refractivity contribution in [2.45, 2.75) is 37.8 Å². The molecule has 0 radical (unpaired) electrons. The molecule has 0 spiro atoms. The zero-order valence-corrected chi connectivity index (χ0v) is 15.4. The molecule has 0 saturated carbocycles. The van der Waals surface area contributed by atoms with Gasteiger partial charge in [-0.1, -0.05) is 91.0 Å². The van der Waals surface area contributed by atoms with Gasteiger partial charge in [-0.3, -0.25) is 4.90 Å². The molecular formula is C25H27N. The Morgan fingerprint density at radius 3 is 1.58 bits per heavy atom. The molecule has 0 aromatic heterocycles. The van der Waals surface area contributed by atoms with E-state index in [0.717, 1.165) is 19.4 Å². The predicted molar refractivity (Wildman–Crippen MR) is 109 cm³/mol. The summed E-state index contributed by atoms with van der Waals surface area (Å²) in [5, 5.41) is 0. The molecule has 0 unspecified atom stereocenters. The number of benzene rings is 3. The second-order valence-corrected chi connectivity index (χ2v) is 7.56. The van der Waals surface area contributed by atoms with Crippen molar-refractivity contribution in [1.82, 2.24) is 4.90 Å². The molecule has 0 aliphatic carbocycles. The van der Waals surface area contributed by atoms with Crippen LogP contribution in [0.4, 0.5) is 0 Å². The van der Waals surface area contributed by atoms with Crippen molar-refractivity contribution in [3.63, 3.8) is 0 Å². The minimum atomic E-state index is 0.207. The Labute approximate surface area is 157 Å². The Hall–Kier alpha value is -2.38. The standard InChI is InChI=1S/C25H27N/c1-4-11-22(12-5-1)19-25(20-23-13-6-2-7-14-23)17-10-18-26(25)21-24-15-8-3-9-16-24/h1-9,11-16H,10,17-21H2. The van der Waals surface area contributed by atoms with E-state index >= 15 is 0 Å². The normalized spacial score (nSPS) is 16.6. The Bertz CT molecular complexity index is 754. The summed E-state index contributed by atoms with van der Waals surface area (Å²) in [7, 11) is 0. The Morgan fingerprint density at radius 2 is 1.08 bits per heavy atom. The fourth-order valence-corrected chi connectivity index (χ4v) is 4.46. The first-order valence-electron chi connectivity index (χ1n) is 9.71. The van der Waals surface area contributed by atoms with Crippen molar-refractivity contribution in [1.29, 1.82) is 0 Å². The summed E-state index contributed by atoms with van der Waals surface area (Å²) in [5.41, 5.74) is 4.52. The van der Waals surface area contributed by atoms with Gasteiger partial charge in [-0.05, 0) is 48.9 Å². The number of hydrogen-bond acceptors (Lipinski definition) is 1. The zero-order chi connectivity index (χ0) is 17.7. The number of nitrogens with zero attached hydrogens (tertiary/aromatic N) is 1. The minimum absolute atomic E-state index is 0.207. The van der Waals surface area contributed by atoms with E-state index in [4.69, 9.17) is 0 Å². The zero-order valence-electron chi connectivity index (χ0n) is 15.4. The third kappa shape index (κ3) is 3.89. The second-order valence-electron chi connectivity index (χ2n) is 7.56. The maximum Gasteiger partial charge on any atom is 0.0294 e. The molecule has 3 aromatic rings. The van der Waals surface area contributed by atoms with Gasteiger partial charge in [0, 0.05) is 12.1 Å². The third-order valence-electron chi connectivity index (χ3n) is 5.71. The van der Waals surface area contributed by atoms with Crippen molar-refractivity contribution >= 4 is 0 Å². The van der Waals surface area contributed by atoms with Gasteiger partial charge in [0.2, 0.25) is 0 Å². The topological polar surface area (TPSA) is 3.24 Å². The van der Waals surface area contributed by atoms with E-state index in [0.29, 0.717) is 0 Å². The molecule has 0 N–H and O–H groups in total. The molecule has 0 atom stereocenters. The van der Waals surface area contributed by atoms with Gasteiger partial charge in [0.05, 0.1) is 0 Å². The molecule has 132 valence electrons. The molecule has 1 aliphatic heterocycles. The van der Waals surface area contributed by atoms with Crippen LogP contribution in [0.25, 0.3) is 0 Å². The molecule has 3 aromatic carbocycles. The maximum atomic E-state index is 2.74. The fourth-order valence-electron chi connectivity index (χ4n) is 4.46. The van der Waals surface area contributed by atoms with E-state index < -0.39 is 0 Å². The molecular weight excluding hydrogens is 314 g/mol. The highest BCUT2D eigenvalue weighted by Crippen LogP contribution is 2.37. The molecule has 4 rings (SSSR count). The van der Waals surface area contributed by atoms with Crippen LogP contribution in [-0.2, 0) is 19.4 Å². The highest BCUT2D eigenvalue weighted by Gasteiger charge is 2.40. The smallest absolute Gasteiger partial charge is 0.0294 e. The van der Waals surface area contributed by atoms with E-state index in [9.17, 15) is 0 Å². The van der Waals surface area contributed by atoms with E-state index in [-0.39, 0.29) is 5.54 Å². The van der Waals surface area contributed by atoms with Crippen LogP contribution < -0.4 is 0 Å². The average molecular weight is 341 g/mol. The largest absolute Gasteiger partial charge is 0.293 e. The molecule has 0 bridgehead atoms. The maximum absolute atomic E-state index is 2.74. The second kappa shape index (κ2) is 7.88. The molecule has 1 aliphatic rings. The quantitative estimate of drug-likeness (QED) is 0.572. The summed E-state index contributed by atoms with van der Waals surface area (Å²) in [6, 6.07) is 33.0. The monoisotopic (exact) mass is 341 g/mol. The first kappa shape index (κ1) is 17.1. The Balaban J connectivity index is 1.64. The van der Waals surface area contributed by atoms with Gasteiger partial charge in [0.25, 0.3) is 0 Å². The minimum Gasteiger partial charge on any atom is -0.293 e. The number of hydrogen-bond donors (Lipinski definition) is 0. The third-order valence-corrected chi connectivity index (χ3v) is 5.71. The van der Waals surface area contributed by atoms with Crippen molar-refractivity contribution in [2.75, 3.05) is 6.54 Å². The predicted octanol–water partition coefficient (Wildman–Crippen LogP) is 5.51. The van der Waals surface area contributed by atoms with Crippen LogP contribution in [0, 0.1) is 0 Å². The van der Waals surface area contributed by atoms with E-state index in [1.165, 1.54) is 36.1 Å². The van der Waals surface area contributed by atoms with Gasteiger partial charge < -0.3 is 0 Å². The average Bonchev–Trinajstić information content (AvgIpc) is 3.06. The Morgan fingerprint density at radius 1 is 0.615 bits per heavy atom. The van der Waals surface area contributed by atoms with Crippen LogP contribution in [0.1, 0.15) is 29.5 Å². The summed E-state index contributed by atoms with van der Waals surface area (Å²) in [6.45, 7) is 2.23. The summed E-state index contributed by atoms with van der Waals surface area (Å²) < 4.78 is 0. The van der Waals surface area contributed by atoms with E-state index in [2.05, 4.69) is 95.9 Å². The first-order valence-corrected chi connectivity index (χ1v) is 9.71. The lowest BCUT2D eigenvalue weighted by Crippen LogP contribution is -2.47. The van der Waals surface area contributed by atoms with Crippen molar-refractivity contribution in [3.8, 4) is 0 Å². The van der Waals surface area contributed by atoms with Gasteiger partial charge in [-0.15, -0.1) is 0 Å². The van der Waals surface area contributed by atoms with Crippen LogP contribution in [-0.4, -0.2) is 17.0 Å². The van der Waals surface area contributed by atoms with Crippen molar-refractivity contribution in [2.24, 2.45) is 0 Å². The molecule has 1 fully saturated rings. The molecule has 26 heavy (non-hydrogen) atoms. The highest BCUT2D eigenvalue weighted by atomic mass is 15.2. The van der Waals surface area contributed by atoms with Crippen molar-refractivity contribution < 1.29 is 0 Å². The van der Waals surface area contributed by atoms with Gasteiger partial charge in [-0.2, -0.15) is 0 Å². The SMILES string of the molecule is c1ccc(CN2CCCC2(Cc2ccccc2)Cc2ccccc2)cc1.